The number of aliphatic carboxylic acids is 1. The number of halogens is 1. The number of amides is 1. The van der Waals surface area contributed by atoms with E-state index < -0.39 is 5.97 Å². The Morgan fingerprint density at radius 1 is 1.44 bits per heavy atom. The second-order valence-electron chi connectivity index (χ2n) is 4.63. The zero-order chi connectivity index (χ0) is 13.3. The van der Waals surface area contributed by atoms with Gasteiger partial charge in [0.05, 0.1) is 6.42 Å². The van der Waals surface area contributed by atoms with Crippen molar-refractivity contribution in [1.29, 1.82) is 0 Å². The molecule has 0 radical (unpaired) electrons. The number of likely N-dealkylation sites (tertiary alicyclic amines) is 1. The first-order valence-electron chi connectivity index (χ1n) is 5.74. The second kappa shape index (κ2) is 5.10. The van der Waals surface area contributed by atoms with Crippen molar-refractivity contribution in [2.45, 2.75) is 13.3 Å². The lowest BCUT2D eigenvalue weighted by molar-refractivity contribution is -0.139. The topological polar surface area (TPSA) is 57.6 Å². The van der Waals surface area contributed by atoms with Crippen LogP contribution in [0.3, 0.4) is 0 Å². The summed E-state index contributed by atoms with van der Waals surface area (Å²) in [6.45, 7) is 2.98. The molecule has 1 aliphatic rings. The first kappa shape index (κ1) is 13.1. The SMILES string of the molecule is Cc1cc(Br)ccc1C(=O)N1CC(CC(=O)O)C1. The van der Waals surface area contributed by atoms with Crippen molar-refractivity contribution >= 4 is 27.8 Å². The Kier molecular flexibility index (Phi) is 3.71. The number of hydrogen-bond donors (Lipinski definition) is 1. The van der Waals surface area contributed by atoms with Crippen molar-refractivity contribution in [2.75, 3.05) is 13.1 Å². The largest absolute Gasteiger partial charge is 0.481 e. The van der Waals surface area contributed by atoms with Crippen LogP contribution in [0.5, 0.6) is 0 Å². The highest BCUT2D eigenvalue weighted by molar-refractivity contribution is 9.10. The molecule has 1 aromatic rings. The fourth-order valence-corrected chi connectivity index (χ4v) is 2.62. The third-order valence-electron chi connectivity index (χ3n) is 3.13. The second-order valence-corrected chi connectivity index (χ2v) is 5.55. The summed E-state index contributed by atoms with van der Waals surface area (Å²) in [5, 5.41) is 8.66. The Bertz CT molecular complexity index is 495. The van der Waals surface area contributed by atoms with Gasteiger partial charge in [-0.2, -0.15) is 0 Å². The van der Waals surface area contributed by atoms with Crippen LogP contribution in [0.25, 0.3) is 0 Å². The number of nitrogens with zero attached hydrogens (tertiary/aromatic N) is 1. The van der Waals surface area contributed by atoms with Gasteiger partial charge in [0.15, 0.2) is 0 Å². The predicted octanol–water partition coefficient (Wildman–Crippen LogP) is 2.30. The molecule has 0 bridgehead atoms. The van der Waals surface area contributed by atoms with Crippen molar-refractivity contribution in [3.05, 3.63) is 33.8 Å². The average Bonchev–Trinajstić information content (AvgIpc) is 2.21. The maximum absolute atomic E-state index is 12.2. The summed E-state index contributed by atoms with van der Waals surface area (Å²) in [5.41, 5.74) is 1.61. The van der Waals surface area contributed by atoms with Crippen molar-refractivity contribution in [2.24, 2.45) is 5.92 Å². The van der Waals surface area contributed by atoms with Gasteiger partial charge in [-0.3, -0.25) is 9.59 Å². The lowest BCUT2D eigenvalue weighted by Crippen LogP contribution is -2.50. The molecular formula is C13H14BrNO3. The molecule has 1 fully saturated rings. The van der Waals surface area contributed by atoms with Crippen molar-refractivity contribution in [3.8, 4) is 0 Å². The van der Waals surface area contributed by atoms with E-state index in [1.807, 2.05) is 19.1 Å². The summed E-state index contributed by atoms with van der Waals surface area (Å²) in [4.78, 5) is 24.4. The quantitative estimate of drug-likeness (QED) is 0.932. The minimum Gasteiger partial charge on any atom is -0.481 e. The Balaban J connectivity index is 1.99. The standard InChI is InChI=1S/C13H14BrNO3/c1-8-4-10(14)2-3-11(8)13(18)15-6-9(7-15)5-12(16)17/h2-4,9H,5-7H2,1H3,(H,16,17). The molecule has 0 atom stereocenters. The zero-order valence-electron chi connectivity index (χ0n) is 10.0. The van der Waals surface area contributed by atoms with Gasteiger partial charge in [-0.25, -0.2) is 0 Å². The number of carbonyl (C=O) groups excluding carboxylic acids is 1. The lowest BCUT2D eigenvalue weighted by Gasteiger charge is -2.38. The summed E-state index contributed by atoms with van der Waals surface area (Å²) in [7, 11) is 0. The summed E-state index contributed by atoms with van der Waals surface area (Å²) < 4.78 is 0.948. The number of carboxylic acid groups (broad SMARTS) is 1. The lowest BCUT2D eigenvalue weighted by atomic mass is 9.95. The van der Waals surface area contributed by atoms with E-state index in [1.165, 1.54) is 0 Å². The fraction of sp³-hybridized carbons (Fsp3) is 0.385. The summed E-state index contributed by atoms with van der Waals surface area (Å²) in [5.74, 6) is -0.712. The minimum atomic E-state index is -0.799. The van der Waals surface area contributed by atoms with E-state index >= 15 is 0 Å². The molecule has 18 heavy (non-hydrogen) atoms. The highest BCUT2D eigenvalue weighted by Crippen LogP contribution is 2.24. The number of hydrogen-bond acceptors (Lipinski definition) is 2. The van der Waals surface area contributed by atoms with Crippen LogP contribution in [0, 0.1) is 12.8 Å². The molecule has 1 N–H and O–H groups in total. The maximum atomic E-state index is 12.2. The van der Waals surface area contributed by atoms with Crippen LogP contribution in [0.15, 0.2) is 22.7 Å². The summed E-state index contributed by atoms with van der Waals surface area (Å²) >= 11 is 3.36. The Hall–Kier alpha value is -1.36. The van der Waals surface area contributed by atoms with Crippen LogP contribution in [-0.4, -0.2) is 35.0 Å². The molecule has 0 unspecified atom stereocenters. The van der Waals surface area contributed by atoms with E-state index in [-0.39, 0.29) is 18.2 Å². The van der Waals surface area contributed by atoms with Crippen LogP contribution >= 0.6 is 15.9 Å². The van der Waals surface area contributed by atoms with Gasteiger partial charge >= 0.3 is 5.97 Å². The van der Waals surface area contributed by atoms with Gasteiger partial charge in [0, 0.05) is 29.0 Å². The predicted molar refractivity (Wildman–Crippen MR) is 70.5 cm³/mol. The molecule has 5 heteroatoms. The monoisotopic (exact) mass is 311 g/mol. The molecule has 1 heterocycles. The van der Waals surface area contributed by atoms with Gasteiger partial charge in [0.25, 0.3) is 5.91 Å². The van der Waals surface area contributed by atoms with Gasteiger partial charge in [-0.05, 0) is 30.7 Å². The number of benzene rings is 1. The first-order chi connectivity index (χ1) is 8.47. The molecule has 0 saturated carbocycles. The van der Waals surface area contributed by atoms with Gasteiger partial charge in [0.1, 0.15) is 0 Å². The van der Waals surface area contributed by atoms with E-state index in [9.17, 15) is 9.59 Å². The van der Waals surface area contributed by atoms with Gasteiger partial charge in [-0.1, -0.05) is 15.9 Å². The molecule has 96 valence electrons. The van der Waals surface area contributed by atoms with E-state index in [1.54, 1.807) is 11.0 Å². The van der Waals surface area contributed by atoms with Crippen molar-refractivity contribution < 1.29 is 14.7 Å². The van der Waals surface area contributed by atoms with E-state index in [0.29, 0.717) is 18.7 Å². The molecule has 0 aromatic heterocycles. The molecule has 0 aliphatic carbocycles. The highest BCUT2D eigenvalue weighted by Gasteiger charge is 2.32. The molecular weight excluding hydrogens is 298 g/mol. The molecule has 1 aliphatic heterocycles. The van der Waals surface area contributed by atoms with Crippen LogP contribution in [0.1, 0.15) is 22.3 Å². The van der Waals surface area contributed by atoms with E-state index in [2.05, 4.69) is 15.9 Å². The number of aryl methyl sites for hydroxylation is 1. The van der Waals surface area contributed by atoms with Crippen LogP contribution in [0.4, 0.5) is 0 Å². The molecule has 1 amide bonds. The number of carboxylic acids is 1. The molecule has 4 nitrogen and oxygen atoms in total. The Labute approximate surface area is 114 Å². The molecule has 2 rings (SSSR count). The van der Waals surface area contributed by atoms with Crippen molar-refractivity contribution in [3.63, 3.8) is 0 Å². The Morgan fingerprint density at radius 2 is 2.11 bits per heavy atom. The molecule has 1 aromatic carbocycles. The summed E-state index contributed by atoms with van der Waals surface area (Å²) in [6.07, 6.45) is 0.142. The maximum Gasteiger partial charge on any atom is 0.303 e. The van der Waals surface area contributed by atoms with Gasteiger partial charge in [-0.15, -0.1) is 0 Å². The minimum absolute atomic E-state index is 0.0124. The summed E-state index contributed by atoms with van der Waals surface area (Å²) in [6, 6.07) is 5.54. The third-order valence-corrected chi connectivity index (χ3v) is 3.62. The van der Waals surface area contributed by atoms with E-state index in [4.69, 9.17) is 5.11 Å². The van der Waals surface area contributed by atoms with Crippen LogP contribution in [0.2, 0.25) is 0 Å². The first-order valence-corrected chi connectivity index (χ1v) is 6.54. The van der Waals surface area contributed by atoms with Gasteiger partial charge in [0.2, 0.25) is 0 Å². The van der Waals surface area contributed by atoms with Gasteiger partial charge < -0.3 is 10.0 Å². The Morgan fingerprint density at radius 3 is 2.67 bits per heavy atom. The zero-order valence-corrected chi connectivity index (χ0v) is 11.6. The van der Waals surface area contributed by atoms with Crippen LogP contribution in [-0.2, 0) is 4.79 Å². The third kappa shape index (κ3) is 2.72. The molecule has 0 spiro atoms. The average molecular weight is 312 g/mol. The smallest absolute Gasteiger partial charge is 0.303 e. The molecule has 1 saturated heterocycles. The number of rotatable bonds is 3. The highest BCUT2D eigenvalue weighted by atomic mass is 79.9. The van der Waals surface area contributed by atoms with Crippen molar-refractivity contribution in [1.82, 2.24) is 4.90 Å². The number of carbonyl (C=O) groups is 2. The normalized spacial score (nSPS) is 15.3. The fourth-order valence-electron chi connectivity index (χ4n) is 2.15. The van der Waals surface area contributed by atoms with E-state index in [0.717, 1.165) is 10.0 Å². The van der Waals surface area contributed by atoms with Crippen LogP contribution < -0.4 is 0 Å².